The molecule has 0 aromatic heterocycles. The van der Waals surface area contributed by atoms with E-state index in [9.17, 15) is 30.4 Å². The number of nitrogens with zero attached hydrogens (tertiary/aromatic N) is 1. The van der Waals surface area contributed by atoms with Crippen molar-refractivity contribution in [3.63, 3.8) is 0 Å². The molecule has 0 saturated carbocycles. The molecule has 13 heteroatoms. The standard InChI is InChI=1S/C17H17F2NO7S3/c1-26-16(21)17(18,19)29(22,23)20-30(24,25)27-13-10-12-6-2-3-7-14(12)15(11-13)28-8-4-5-9-28/h2-3,6-7,10-11H,4-5,8-9H2,1H3. The maximum Gasteiger partial charge on any atom is 0.424 e. The normalized spacial score (nSPS) is 16.0. The summed E-state index contributed by atoms with van der Waals surface area (Å²) in [6, 6.07) is 9.95. The number of alkyl halides is 2. The Balaban J connectivity index is 1.94. The smallest absolute Gasteiger partial charge is 0.424 e. The summed E-state index contributed by atoms with van der Waals surface area (Å²) in [4.78, 5) is 11.9. The van der Waals surface area contributed by atoms with E-state index >= 15 is 0 Å². The summed E-state index contributed by atoms with van der Waals surface area (Å²) in [5.41, 5.74) is 0. The van der Waals surface area contributed by atoms with Crippen molar-refractivity contribution in [2.24, 2.45) is 0 Å². The Labute approximate surface area is 175 Å². The molecule has 0 radical (unpaired) electrons. The average Bonchev–Trinajstić information content (AvgIpc) is 3.19. The lowest BCUT2D eigenvalue weighted by Gasteiger charge is -2.24. The topological polar surface area (TPSA) is 118 Å². The molecule has 0 unspecified atom stereocenters. The highest BCUT2D eigenvalue weighted by atomic mass is 32.3. The van der Waals surface area contributed by atoms with Crippen molar-refractivity contribution in [2.45, 2.75) is 23.0 Å². The summed E-state index contributed by atoms with van der Waals surface area (Å²) in [5.74, 6) is -0.880. The largest absolute Gasteiger partial charge is 0.464 e. The van der Waals surface area contributed by atoms with E-state index in [1.54, 1.807) is 12.1 Å². The van der Waals surface area contributed by atoms with Gasteiger partial charge >= 0.3 is 11.2 Å². The molecule has 0 atom stereocenters. The van der Waals surface area contributed by atoms with Crippen LogP contribution in [0.4, 0.5) is 8.78 Å². The van der Waals surface area contributed by atoms with Crippen molar-refractivity contribution in [2.75, 3.05) is 18.6 Å². The molecule has 1 saturated heterocycles. The number of ether oxygens (including phenoxy) is 1. The van der Waals surface area contributed by atoms with E-state index in [2.05, 4.69) is 8.86 Å². The van der Waals surface area contributed by atoms with Crippen LogP contribution in [0.25, 0.3) is 14.9 Å². The fourth-order valence-corrected chi connectivity index (χ4v) is 7.56. The third-order valence-electron chi connectivity index (χ3n) is 4.28. The number of methoxy groups -OCH3 is 1. The number of rotatable bonds is 7. The fourth-order valence-electron chi connectivity index (χ4n) is 2.94. The summed E-state index contributed by atoms with van der Waals surface area (Å²) in [7, 11) is -11.1. The summed E-state index contributed by atoms with van der Waals surface area (Å²) >= 11 is 0. The Morgan fingerprint density at radius 1 is 1.10 bits per heavy atom. The molecular weight excluding hydrogens is 464 g/mol. The Kier molecular flexibility index (Phi) is 6.28. The van der Waals surface area contributed by atoms with Gasteiger partial charge in [0.25, 0.3) is 0 Å². The van der Waals surface area contributed by atoms with Crippen molar-refractivity contribution in [3.8, 4) is 5.75 Å². The molecule has 0 N–H and O–H groups in total. The maximum atomic E-state index is 13.7. The van der Waals surface area contributed by atoms with Gasteiger partial charge in [0.1, 0.15) is 17.3 Å². The minimum Gasteiger partial charge on any atom is -0.464 e. The Morgan fingerprint density at radius 2 is 1.73 bits per heavy atom. The predicted octanol–water partition coefficient (Wildman–Crippen LogP) is 2.70. The van der Waals surface area contributed by atoms with E-state index in [1.807, 2.05) is 12.1 Å². The van der Waals surface area contributed by atoms with Crippen molar-refractivity contribution in [1.29, 1.82) is 0 Å². The van der Waals surface area contributed by atoms with E-state index in [1.165, 1.54) is 12.1 Å². The monoisotopic (exact) mass is 481 g/mol. The van der Waals surface area contributed by atoms with Gasteiger partial charge in [0, 0.05) is 22.3 Å². The van der Waals surface area contributed by atoms with Gasteiger partial charge in [-0.1, -0.05) is 18.2 Å². The molecule has 1 aliphatic rings. The second-order valence-electron chi connectivity index (χ2n) is 6.32. The average molecular weight is 482 g/mol. The van der Waals surface area contributed by atoms with Crippen LogP contribution in [0.1, 0.15) is 12.8 Å². The van der Waals surface area contributed by atoms with E-state index in [4.69, 9.17) is 4.18 Å². The van der Waals surface area contributed by atoms with Crippen LogP contribution in [-0.2, 0) is 40.8 Å². The molecule has 8 nitrogen and oxygen atoms in total. The quantitative estimate of drug-likeness (QED) is 0.441. The molecule has 3 rings (SSSR count). The van der Waals surface area contributed by atoms with Gasteiger partial charge in [-0.05, 0) is 30.4 Å². The number of benzene rings is 2. The minimum atomic E-state index is -6.11. The molecule has 0 amide bonds. The maximum absolute atomic E-state index is 13.7. The van der Waals surface area contributed by atoms with E-state index in [-0.39, 0.29) is 16.6 Å². The highest BCUT2D eigenvalue weighted by Gasteiger charge is 2.50. The molecule has 1 fully saturated rings. The first-order valence-electron chi connectivity index (χ1n) is 8.56. The molecule has 0 bridgehead atoms. The molecule has 0 aliphatic carbocycles. The van der Waals surface area contributed by atoms with Crippen LogP contribution in [0.3, 0.4) is 0 Å². The van der Waals surface area contributed by atoms with Gasteiger partial charge in [0.05, 0.1) is 7.11 Å². The SMILES string of the molecule is COC(=O)C(F)(F)S(=O)(=O)[N-]S(=O)(=O)Oc1cc([S+]2CCCC2)c2ccccc2c1. The van der Waals surface area contributed by atoms with Gasteiger partial charge in [-0.2, -0.15) is 8.78 Å². The number of fused-ring (bicyclic) bond motifs is 1. The first kappa shape index (κ1) is 22.7. The first-order chi connectivity index (χ1) is 14.0. The number of carbonyl (C=O) groups excluding carboxylic acids is 1. The summed E-state index contributed by atoms with van der Waals surface area (Å²) in [6.07, 6.45) is 2.05. The zero-order valence-electron chi connectivity index (χ0n) is 15.6. The second kappa shape index (κ2) is 8.29. The Bertz CT molecular complexity index is 1180. The number of hydrogen-bond donors (Lipinski definition) is 0. The number of hydrogen-bond acceptors (Lipinski definition) is 7. The molecule has 1 heterocycles. The first-order valence-corrected chi connectivity index (χ1v) is 12.9. The van der Waals surface area contributed by atoms with Crippen molar-refractivity contribution in [1.82, 2.24) is 0 Å². The van der Waals surface area contributed by atoms with E-state index in [0.29, 0.717) is 12.5 Å². The van der Waals surface area contributed by atoms with Gasteiger partial charge in [0.15, 0.2) is 14.9 Å². The van der Waals surface area contributed by atoms with Gasteiger partial charge in [-0.25, -0.2) is 21.6 Å². The van der Waals surface area contributed by atoms with E-state index in [0.717, 1.165) is 34.6 Å². The molecule has 164 valence electrons. The van der Waals surface area contributed by atoms with Gasteiger partial charge < -0.3 is 13.0 Å². The molecule has 2 aromatic rings. The summed E-state index contributed by atoms with van der Waals surface area (Å²) in [5, 5.41) is -3.64. The predicted molar refractivity (Wildman–Crippen MR) is 107 cm³/mol. The fraction of sp³-hybridized carbons (Fsp3) is 0.353. The van der Waals surface area contributed by atoms with Crippen LogP contribution in [0, 0.1) is 0 Å². The number of esters is 1. The lowest BCUT2D eigenvalue weighted by atomic mass is 10.1. The number of halogens is 2. The van der Waals surface area contributed by atoms with Gasteiger partial charge in [-0.15, -0.1) is 0 Å². The Hall–Kier alpha value is -1.96. The molecule has 1 aliphatic heterocycles. The highest BCUT2D eigenvalue weighted by Crippen LogP contribution is 2.35. The van der Waals surface area contributed by atoms with Crippen molar-refractivity contribution >= 4 is 48.0 Å². The van der Waals surface area contributed by atoms with Crippen LogP contribution < -0.4 is 4.18 Å². The highest BCUT2D eigenvalue weighted by molar-refractivity contribution is 8.11. The second-order valence-corrected chi connectivity index (χ2v) is 11.6. The third-order valence-corrected chi connectivity index (χ3v) is 9.53. The minimum absolute atomic E-state index is 0.149. The zero-order valence-corrected chi connectivity index (χ0v) is 18.0. The van der Waals surface area contributed by atoms with E-state index < -0.39 is 31.6 Å². The molecule has 0 spiro atoms. The summed E-state index contributed by atoms with van der Waals surface area (Å²) < 4.78 is 85.4. The van der Waals surface area contributed by atoms with Crippen LogP contribution >= 0.6 is 0 Å². The lowest BCUT2D eigenvalue weighted by Crippen LogP contribution is -2.39. The summed E-state index contributed by atoms with van der Waals surface area (Å²) in [6.45, 7) is 0. The number of carbonyl (C=O) groups is 1. The molecular formula is C17H17F2NO7S3. The van der Waals surface area contributed by atoms with Crippen molar-refractivity contribution in [3.05, 3.63) is 40.5 Å². The molecule has 2 aromatic carbocycles. The van der Waals surface area contributed by atoms with Crippen LogP contribution in [-0.4, -0.2) is 46.7 Å². The van der Waals surface area contributed by atoms with Gasteiger partial charge in [0.2, 0.25) is 10.3 Å². The van der Waals surface area contributed by atoms with Crippen LogP contribution in [0.5, 0.6) is 5.75 Å². The van der Waals surface area contributed by atoms with Crippen LogP contribution in [0.2, 0.25) is 0 Å². The molecule has 30 heavy (non-hydrogen) atoms. The van der Waals surface area contributed by atoms with Gasteiger partial charge in [-0.3, -0.25) is 0 Å². The lowest BCUT2D eigenvalue weighted by molar-refractivity contribution is -0.157. The van der Waals surface area contributed by atoms with Crippen molar-refractivity contribution < 1.29 is 39.3 Å². The third kappa shape index (κ3) is 4.53. The zero-order chi connectivity index (χ0) is 22.2. The van der Waals surface area contributed by atoms with Crippen LogP contribution in [0.15, 0.2) is 41.3 Å². The number of sulfonamides is 1. The Morgan fingerprint density at radius 3 is 2.37 bits per heavy atom.